The largest absolute Gasteiger partial charge is 0.351 e. The summed E-state index contributed by atoms with van der Waals surface area (Å²) >= 11 is 0. The zero-order valence-electron chi connectivity index (χ0n) is 10.5. The highest BCUT2D eigenvalue weighted by Gasteiger charge is 2.09. The molecule has 0 bridgehead atoms. The van der Waals surface area contributed by atoms with Crippen LogP contribution in [0.1, 0.15) is 0 Å². The molecule has 1 aromatic heterocycles. The maximum atomic E-state index is 5.17. The molecule has 0 unspecified atom stereocenters. The van der Waals surface area contributed by atoms with Crippen LogP contribution in [0.15, 0.2) is 12.7 Å². The van der Waals surface area contributed by atoms with E-state index in [0.29, 0.717) is 30.9 Å². The second-order valence-corrected chi connectivity index (χ2v) is 3.19. The van der Waals surface area contributed by atoms with Crippen LogP contribution in [0.5, 0.6) is 0 Å². The van der Waals surface area contributed by atoms with Gasteiger partial charge >= 0.3 is 0 Å². The molecule has 0 aliphatic heterocycles. The van der Waals surface area contributed by atoms with E-state index in [-0.39, 0.29) is 0 Å². The van der Waals surface area contributed by atoms with Gasteiger partial charge in [0.25, 0.3) is 5.95 Å². The number of hydroxylamine groups is 1. The van der Waals surface area contributed by atoms with E-state index in [1.165, 1.54) is 12.2 Å². The molecule has 7 heteroatoms. The molecule has 0 radical (unpaired) electrons. The Morgan fingerprint density at radius 3 is 2.61 bits per heavy atom. The fourth-order valence-electron chi connectivity index (χ4n) is 1.04. The Morgan fingerprint density at radius 2 is 2.06 bits per heavy atom. The smallest absolute Gasteiger partial charge is 0.256 e. The Bertz CT molecular complexity index is 442. The SMILES string of the molecule is C#CCNc1nc(NCC=C)nc(N(C)OC)n1. The zero-order chi connectivity index (χ0) is 13.4. The molecule has 96 valence electrons. The van der Waals surface area contributed by atoms with Crippen LogP contribution in [0, 0.1) is 12.3 Å². The van der Waals surface area contributed by atoms with Crippen LogP contribution in [0.4, 0.5) is 17.8 Å². The van der Waals surface area contributed by atoms with Gasteiger partial charge in [-0.25, -0.2) is 5.06 Å². The van der Waals surface area contributed by atoms with E-state index < -0.39 is 0 Å². The first-order chi connectivity index (χ1) is 8.71. The van der Waals surface area contributed by atoms with Gasteiger partial charge in [0.2, 0.25) is 11.9 Å². The number of terminal acetylenes is 1. The van der Waals surface area contributed by atoms with Gasteiger partial charge in [0, 0.05) is 13.6 Å². The van der Waals surface area contributed by atoms with Crippen LogP contribution in [0.2, 0.25) is 0 Å². The van der Waals surface area contributed by atoms with Crippen molar-refractivity contribution in [2.75, 3.05) is 42.9 Å². The first kappa shape index (κ1) is 13.7. The minimum Gasteiger partial charge on any atom is -0.351 e. The third kappa shape index (κ3) is 3.92. The van der Waals surface area contributed by atoms with Crippen LogP contribution in [0.3, 0.4) is 0 Å². The molecule has 0 amide bonds. The van der Waals surface area contributed by atoms with Crippen molar-refractivity contribution < 1.29 is 4.84 Å². The molecule has 2 N–H and O–H groups in total. The van der Waals surface area contributed by atoms with Gasteiger partial charge in [-0.2, -0.15) is 15.0 Å². The third-order valence-electron chi connectivity index (χ3n) is 1.93. The molecule has 0 spiro atoms. The van der Waals surface area contributed by atoms with E-state index in [4.69, 9.17) is 11.3 Å². The van der Waals surface area contributed by atoms with Crippen molar-refractivity contribution >= 4 is 17.8 Å². The van der Waals surface area contributed by atoms with Gasteiger partial charge < -0.3 is 10.6 Å². The van der Waals surface area contributed by atoms with E-state index in [0.717, 1.165) is 0 Å². The van der Waals surface area contributed by atoms with Crippen molar-refractivity contribution in [3.63, 3.8) is 0 Å². The molecule has 0 saturated heterocycles. The summed E-state index contributed by atoms with van der Waals surface area (Å²) in [6, 6.07) is 0. The van der Waals surface area contributed by atoms with Crippen molar-refractivity contribution in [2.24, 2.45) is 0 Å². The van der Waals surface area contributed by atoms with Crippen LogP contribution >= 0.6 is 0 Å². The molecular formula is C11H16N6O. The van der Waals surface area contributed by atoms with E-state index in [2.05, 4.69) is 38.1 Å². The number of rotatable bonds is 7. The lowest BCUT2D eigenvalue weighted by Crippen LogP contribution is -2.20. The van der Waals surface area contributed by atoms with Crippen molar-refractivity contribution in [3.05, 3.63) is 12.7 Å². The van der Waals surface area contributed by atoms with Gasteiger partial charge in [0.15, 0.2) is 0 Å². The zero-order valence-corrected chi connectivity index (χ0v) is 10.5. The van der Waals surface area contributed by atoms with E-state index in [9.17, 15) is 0 Å². The van der Waals surface area contributed by atoms with E-state index in [1.807, 2.05) is 0 Å². The fourth-order valence-corrected chi connectivity index (χ4v) is 1.04. The average molecular weight is 248 g/mol. The van der Waals surface area contributed by atoms with Gasteiger partial charge in [-0.3, -0.25) is 4.84 Å². The minimum atomic E-state index is 0.334. The molecule has 7 nitrogen and oxygen atoms in total. The molecule has 1 heterocycles. The van der Waals surface area contributed by atoms with Crippen LogP contribution in [-0.4, -0.2) is 42.2 Å². The first-order valence-electron chi connectivity index (χ1n) is 5.27. The molecule has 1 rings (SSSR count). The van der Waals surface area contributed by atoms with Gasteiger partial charge in [-0.05, 0) is 0 Å². The predicted octanol–water partition coefficient (Wildman–Crippen LogP) is 0.512. The van der Waals surface area contributed by atoms with Crippen molar-refractivity contribution in [3.8, 4) is 12.3 Å². The average Bonchev–Trinajstić information content (AvgIpc) is 2.41. The van der Waals surface area contributed by atoms with Crippen LogP contribution < -0.4 is 15.7 Å². The normalized spacial score (nSPS) is 9.39. The third-order valence-corrected chi connectivity index (χ3v) is 1.93. The van der Waals surface area contributed by atoms with Crippen molar-refractivity contribution in [2.45, 2.75) is 0 Å². The summed E-state index contributed by atoms with van der Waals surface area (Å²) < 4.78 is 0. The standard InChI is InChI=1S/C11H16N6O/c1-5-7-12-9-14-10(13-8-6-2)16-11(15-9)17(3)18-4/h1,6H,2,7-8H2,3-4H3,(H2,12,13,14,15,16). The first-order valence-corrected chi connectivity index (χ1v) is 5.27. The quantitative estimate of drug-likeness (QED) is 0.413. The highest BCUT2D eigenvalue weighted by molar-refractivity contribution is 5.42. The summed E-state index contributed by atoms with van der Waals surface area (Å²) in [6.45, 7) is 4.50. The lowest BCUT2D eigenvalue weighted by molar-refractivity contribution is 0.180. The van der Waals surface area contributed by atoms with Gasteiger partial charge in [-0.15, -0.1) is 13.0 Å². The fraction of sp³-hybridized carbons (Fsp3) is 0.364. The number of nitrogens with zero attached hydrogens (tertiary/aromatic N) is 4. The van der Waals surface area contributed by atoms with Gasteiger partial charge in [-0.1, -0.05) is 12.0 Å². The predicted molar refractivity (Wildman–Crippen MR) is 71.2 cm³/mol. The summed E-state index contributed by atoms with van der Waals surface area (Å²) in [6.07, 6.45) is 6.88. The molecule has 0 aliphatic rings. The highest BCUT2D eigenvalue weighted by Crippen LogP contribution is 2.12. The van der Waals surface area contributed by atoms with Crippen LogP contribution in [-0.2, 0) is 4.84 Å². The molecular weight excluding hydrogens is 232 g/mol. The molecule has 0 saturated carbocycles. The topological polar surface area (TPSA) is 75.2 Å². The molecule has 0 aliphatic carbocycles. The van der Waals surface area contributed by atoms with Crippen molar-refractivity contribution in [1.29, 1.82) is 0 Å². The Labute approximate surface area is 106 Å². The van der Waals surface area contributed by atoms with Gasteiger partial charge in [0.05, 0.1) is 13.7 Å². The summed E-state index contributed by atoms with van der Waals surface area (Å²) in [4.78, 5) is 17.5. The lowest BCUT2D eigenvalue weighted by atomic mass is 10.6. The maximum absolute atomic E-state index is 5.17. The molecule has 0 fully saturated rings. The highest BCUT2D eigenvalue weighted by atomic mass is 16.7. The number of hydrogen-bond acceptors (Lipinski definition) is 7. The molecule has 0 atom stereocenters. The van der Waals surface area contributed by atoms with Crippen molar-refractivity contribution in [1.82, 2.24) is 15.0 Å². The molecule has 1 aromatic rings. The number of hydrogen-bond donors (Lipinski definition) is 2. The Balaban J connectivity index is 2.95. The van der Waals surface area contributed by atoms with Crippen LogP contribution in [0.25, 0.3) is 0 Å². The lowest BCUT2D eigenvalue weighted by Gasteiger charge is -2.15. The second-order valence-electron chi connectivity index (χ2n) is 3.19. The number of nitrogens with one attached hydrogen (secondary N) is 2. The molecule has 18 heavy (non-hydrogen) atoms. The summed E-state index contributed by atoms with van der Waals surface area (Å²) in [5.74, 6) is 3.62. The molecule has 0 aromatic carbocycles. The maximum Gasteiger partial charge on any atom is 0.256 e. The monoisotopic (exact) mass is 248 g/mol. The van der Waals surface area contributed by atoms with E-state index >= 15 is 0 Å². The summed E-state index contributed by atoms with van der Waals surface area (Å²) in [5, 5.41) is 7.28. The summed E-state index contributed by atoms with van der Waals surface area (Å²) in [5.41, 5.74) is 0. The van der Waals surface area contributed by atoms with Gasteiger partial charge in [0.1, 0.15) is 0 Å². The number of aromatic nitrogens is 3. The number of anilines is 3. The minimum absolute atomic E-state index is 0.334. The Morgan fingerprint density at radius 1 is 1.39 bits per heavy atom. The van der Waals surface area contributed by atoms with E-state index in [1.54, 1.807) is 13.1 Å². The Hall–Kier alpha value is -2.33. The second kappa shape index (κ2) is 7.09. The summed E-state index contributed by atoms with van der Waals surface area (Å²) in [7, 11) is 3.22. The Kier molecular flexibility index (Phi) is 5.41.